The Hall–Kier alpha value is -0.990. The molecule has 0 bridgehead atoms. The Balaban J connectivity index is 0.00000225. The van der Waals surface area contributed by atoms with Gasteiger partial charge in [-0.15, -0.1) is 0 Å². The molecule has 0 fully saturated rings. The van der Waals surface area contributed by atoms with Crippen molar-refractivity contribution in [3.05, 3.63) is 60.2 Å². The fraction of sp³-hybridized carbons (Fsp3) is 0. The van der Waals surface area contributed by atoms with E-state index in [-0.39, 0.29) is 75.8 Å². The van der Waals surface area contributed by atoms with Crippen molar-refractivity contribution in [1.82, 2.24) is 0 Å². The third kappa shape index (κ3) is 5.82. The zero-order chi connectivity index (χ0) is 20.7. The van der Waals surface area contributed by atoms with Crippen molar-refractivity contribution in [2.24, 2.45) is 0 Å². The topological polar surface area (TPSA) is 164 Å². The molecule has 3 aromatic carbocycles. The Morgan fingerprint density at radius 1 is 0.867 bits per heavy atom. The second-order valence-electron chi connectivity index (χ2n) is 5.70. The van der Waals surface area contributed by atoms with Gasteiger partial charge in [0.1, 0.15) is 26.0 Å². The predicted molar refractivity (Wildman–Crippen MR) is 95.9 cm³/mol. The van der Waals surface area contributed by atoms with Gasteiger partial charge in [0.2, 0.25) is 0 Å². The number of benzene rings is 3. The van der Waals surface area contributed by atoms with Gasteiger partial charge in [0, 0.05) is 16.3 Å². The number of carbonyl (C=O) groups excluding carboxylic acids is 1. The van der Waals surface area contributed by atoms with Gasteiger partial charge in [0.05, 0.1) is 15.5 Å². The molecule has 0 saturated carbocycles. The van der Waals surface area contributed by atoms with Crippen LogP contribution in [-0.2, 0) is 20.2 Å². The number of phenols is 1. The average molecular weight is 467 g/mol. The summed E-state index contributed by atoms with van der Waals surface area (Å²) in [4.78, 5) is 10.6. The Morgan fingerprint density at radius 2 is 1.47 bits per heavy atom. The molecule has 2 N–H and O–H groups in total. The molecule has 0 radical (unpaired) electrons. The van der Waals surface area contributed by atoms with Crippen LogP contribution in [0, 0.1) is 0 Å². The number of fused-ring (bicyclic) bond motifs is 1. The van der Waals surface area contributed by atoms with E-state index in [1.807, 2.05) is 0 Å². The van der Waals surface area contributed by atoms with E-state index < -0.39 is 47.1 Å². The molecule has 3 rings (SSSR count). The molecule has 0 heterocycles. The van der Waals surface area contributed by atoms with Crippen LogP contribution in [0.2, 0.25) is 0 Å². The summed E-state index contributed by atoms with van der Waals surface area (Å²) in [5, 5.41) is 11.9. The summed E-state index contributed by atoms with van der Waals surface area (Å²) in [7, 11) is -10.1. The SMILES string of the molecule is O=C(Nc1ccc(S(=O)(=O)[O-])c2cc(S(=O)(=O)[O-])cc(O)c12)c1ccccc1.[Na+].[Na+]. The second kappa shape index (κ2) is 10.1. The van der Waals surface area contributed by atoms with E-state index in [0.29, 0.717) is 12.1 Å². The molecule has 1 amide bonds. The third-order valence-electron chi connectivity index (χ3n) is 3.87. The van der Waals surface area contributed by atoms with Crippen molar-refractivity contribution in [2.45, 2.75) is 9.79 Å². The van der Waals surface area contributed by atoms with Crippen LogP contribution in [0.25, 0.3) is 10.8 Å². The van der Waals surface area contributed by atoms with Crippen molar-refractivity contribution >= 4 is 42.6 Å². The van der Waals surface area contributed by atoms with E-state index >= 15 is 0 Å². The molecular formula is C17H11NNa2O8S2. The van der Waals surface area contributed by atoms with Crippen molar-refractivity contribution in [3.8, 4) is 5.75 Å². The van der Waals surface area contributed by atoms with Crippen LogP contribution in [0.5, 0.6) is 5.75 Å². The first-order valence-corrected chi connectivity index (χ1v) is 10.4. The third-order valence-corrected chi connectivity index (χ3v) is 5.58. The van der Waals surface area contributed by atoms with Gasteiger partial charge in [-0.1, -0.05) is 18.2 Å². The molecule has 0 aliphatic carbocycles. The van der Waals surface area contributed by atoms with Gasteiger partial charge < -0.3 is 19.5 Å². The maximum atomic E-state index is 12.4. The van der Waals surface area contributed by atoms with Crippen LogP contribution < -0.4 is 64.4 Å². The van der Waals surface area contributed by atoms with Gasteiger partial charge in [0.15, 0.2) is 0 Å². The quantitative estimate of drug-likeness (QED) is 0.287. The maximum Gasteiger partial charge on any atom is 1.00 e. The minimum absolute atomic E-state index is 0. The standard InChI is InChI=1S/C17H13NO8S2.2Na/c19-14-9-11(27(21,22)23)8-12-15(28(24,25)26)7-6-13(16(12)14)18-17(20)10-4-2-1-3-5-10;;/h1-9,19H,(H,18,20)(H,21,22,23)(H,24,25,26);;/q;2*+1/p-2. The van der Waals surface area contributed by atoms with Crippen LogP contribution in [0.1, 0.15) is 10.4 Å². The van der Waals surface area contributed by atoms with E-state index in [0.717, 1.165) is 12.1 Å². The molecule has 13 heteroatoms. The van der Waals surface area contributed by atoms with Gasteiger partial charge in [-0.3, -0.25) is 4.79 Å². The Labute approximate surface area is 216 Å². The summed E-state index contributed by atoms with van der Waals surface area (Å²) < 4.78 is 68.4. The number of hydrogen-bond acceptors (Lipinski definition) is 8. The Bertz CT molecular complexity index is 1310. The number of hydrogen-bond donors (Lipinski definition) is 2. The first kappa shape index (κ1) is 27.0. The number of amides is 1. The Morgan fingerprint density at radius 3 is 2.00 bits per heavy atom. The molecule has 9 nitrogen and oxygen atoms in total. The summed E-state index contributed by atoms with van der Waals surface area (Å²) in [6.45, 7) is 0. The first-order valence-electron chi connectivity index (χ1n) is 7.56. The zero-order valence-electron chi connectivity index (χ0n) is 15.8. The van der Waals surface area contributed by atoms with E-state index in [2.05, 4.69) is 5.32 Å². The summed E-state index contributed by atoms with van der Waals surface area (Å²) in [5.74, 6) is -1.39. The Kier molecular flexibility index (Phi) is 9.09. The van der Waals surface area contributed by atoms with Crippen LogP contribution in [0.3, 0.4) is 0 Å². The number of aromatic hydroxyl groups is 1. The monoisotopic (exact) mass is 467 g/mol. The predicted octanol–water partition coefficient (Wildman–Crippen LogP) is -4.39. The molecular weight excluding hydrogens is 456 g/mol. The van der Waals surface area contributed by atoms with Gasteiger partial charge >= 0.3 is 59.1 Å². The van der Waals surface area contributed by atoms with Crippen molar-refractivity contribution in [3.63, 3.8) is 0 Å². The average Bonchev–Trinajstić information content (AvgIpc) is 2.60. The van der Waals surface area contributed by atoms with E-state index in [4.69, 9.17) is 0 Å². The zero-order valence-corrected chi connectivity index (χ0v) is 21.5. The van der Waals surface area contributed by atoms with Crippen LogP contribution in [-0.4, -0.2) is 37.0 Å². The molecule has 0 aliphatic heterocycles. The van der Waals surface area contributed by atoms with Gasteiger partial charge in [-0.05, 0) is 36.4 Å². The molecule has 30 heavy (non-hydrogen) atoms. The van der Waals surface area contributed by atoms with E-state index in [1.165, 1.54) is 12.1 Å². The normalized spacial score (nSPS) is 11.3. The largest absolute Gasteiger partial charge is 1.00 e. The van der Waals surface area contributed by atoms with Crippen molar-refractivity contribution in [2.75, 3.05) is 5.32 Å². The molecule has 0 spiro atoms. The minimum Gasteiger partial charge on any atom is -0.744 e. The fourth-order valence-corrected chi connectivity index (χ4v) is 3.84. The maximum absolute atomic E-state index is 12.4. The smallest absolute Gasteiger partial charge is 0.744 e. The summed E-state index contributed by atoms with van der Waals surface area (Å²) in [5.41, 5.74) is 0.179. The molecule has 146 valence electrons. The van der Waals surface area contributed by atoms with Crippen molar-refractivity contribution < 1.29 is 95.0 Å². The van der Waals surface area contributed by atoms with E-state index in [9.17, 15) is 35.8 Å². The fourth-order valence-electron chi connectivity index (χ4n) is 2.66. The molecule has 0 saturated heterocycles. The number of carbonyl (C=O) groups is 1. The molecule has 3 aromatic rings. The van der Waals surface area contributed by atoms with Gasteiger partial charge in [-0.2, -0.15) is 0 Å². The van der Waals surface area contributed by atoms with E-state index in [1.54, 1.807) is 18.2 Å². The van der Waals surface area contributed by atoms with Crippen LogP contribution in [0.15, 0.2) is 64.4 Å². The minimum atomic E-state index is -5.08. The number of rotatable bonds is 4. The second-order valence-corrected chi connectivity index (χ2v) is 8.43. The van der Waals surface area contributed by atoms with Crippen LogP contribution in [0.4, 0.5) is 5.69 Å². The number of nitrogens with one attached hydrogen (secondary N) is 1. The first-order chi connectivity index (χ1) is 13.0. The number of phenolic OH excluding ortho intramolecular Hbond substituents is 1. The summed E-state index contributed by atoms with van der Waals surface area (Å²) in [6.07, 6.45) is 0. The molecule has 0 unspecified atom stereocenters. The summed E-state index contributed by atoms with van der Waals surface area (Å²) in [6, 6.07) is 11.2. The molecule has 0 atom stereocenters. The number of anilines is 1. The van der Waals surface area contributed by atoms with Crippen LogP contribution >= 0.6 is 0 Å². The van der Waals surface area contributed by atoms with Crippen molar-refractivity contribution in [1.29, 1.82) is 0 Å². The molecule has 0 aliphatic rings. The van der Waals surface area contributed by atoms with Gasteiger partial charge in [0.25, 0.3) is 5.91 Å². The summed E-state index contributed by atoms with van der Waals surface area (Å²) >= 11 is 0. The molecule has 0 aromatic heterocycles. The van der Waals surface area contributed by atoms with Gasteiger partial charge in [-0.25, -0.2) is 16.8 Å².